The van der Waals surface area contributed by atoms with Crippen LogP contribution in [0.25, 0.3) is 11.4 Å². The lowest BCUT2D eigenvalue weighted by atomic mass is 10.1. The van der Waals surface area contributed by atoms with Gasteiger partial charge in [0.2, 0.25) is 17.8 Å². The first kappa shape index (κ1) is 18.5. The highest BCUT2D eigenvalue weighted by Crippen LogP contribution is 2.29. The number of benzene rings is 2. The molecule has 1 aliphatic heterocycles. The first-order valence-electron chi connectivity index (χ1n) is 8.93. The number of fused-ring (bicyclic) bond motifs is 1. The number of carbonyl (C=O) groups is 2. The number of hydrogen-bond donors (Lipinski definition) is 2. The predicted octanol–water partition coefficient (Wildman–Crippen LogP) is 2.48. The lowest BCUT2D eigenvalue weighted by Gasteiger charge is -2.22. The normalized spacial score (nSPS) is 15.2. The van der Waals surface area contributed by atoms with Crippen LogP contribution in [0.5, 0.6) is 11.5 Å². The van der Waals surface area contributed by atoms with Gasteiger partial charge in [-0.3, -0.25) is 14.9 Å². The summed E-state index contributed by atoms with van der Waals surface area (Å²) in [6.45, 7) is 0. The Hall–Kier alpha value is -3.88. The molecule has 0 bridgehead atoms. The fraction of sp³-hybridized carbons (Fsp3) is 0.200. The Bertz CT molecular complexity index is 1060. The van der Waals surface area contributed by atoms with Crippen LogP contribution in [0.4, 0.5) is 11.6 Å². The molecule has 29 heavy (non-hydrogen) atoms. The number of anilines is 2. The molecule has 0 radical (unpaired) electrons. The molecule has 1 aliphatic rings. The van der Waals surface area contributed by atoms with Crippen LogP contribution >= 0.6 is 0 Å². The van der Waals surface area contributed by atoms with Crippen LogP contribution in [-0.4, -0.2) is 40.8 Å². The second-order valence-electron chi connectivity index (χ2n) is 6.39. The number of aromatic nitrogens is 3. The fourth-order valence-electron chi connectivity index (χ4n) is 3.09. The van der Waals surface area contributed by atoms with Gasteiger partial charge in [-0.05, 0) is 36.4 Å². The molecule has 0 saturated heterocycles. The highest BCUT2D eigenvalue weighted by molar-refractivity contribution is 6.01. The Labute approximate surface area is 166 Å². The molecule has 148 valence electrons. The summed E-state index contributed by atoms with van der Waals surface area (Å²) in [4.78, 5) is 29.4. The van der Waals surface area contributed by atoms with E-state index in [-0.39, 0.29) is 24.2 Å². The minimum atomic E-state index is -0.830. The van der Waals surface area contributed by atoms with Crippen LogP contribution in [0.15, 0.2) is 48.5 Å². The van der Waals surface area contributed by atoms with E-state index in [2.05, 4.69) is 20.7 Å². The maximum atomic E-state index is 12.9. The molecule has 2 amide bonds. The fourth-order valence-corrected chi connectivity index (χ4v) is 3.09. The van der Waals surface area contributed by atoms with Gasteiger partial charge in [0.05, 0.1) is 26.3 Å². The Morgan fingerprint density at radius 1 is 1.14 bits per heavy atom. The molecule has 0 fully saturated rings. The van der Waals surface area contributed by atoms with Crippen molar-refractivity contribution in [2.75, 3.05) is 24.9 Å². The Morgan fingerprint density at radius 3 is 2.62 bits per heavy atom. The summed E-state index contributed by atoms with van der Waals surface area (Å²) in [6, 6.07) is 13.4. The van der Waals surface area contributed by atoms with Crippen molar-refractivity contribution in [2.24, 2.45) is 0 Å². The summed E-state index contributed by atoms with van der Waals surface area (Å²) >= 11 is 0. The van der Waals surface area contributed by atoms with Gasteiger partial charge in [0.25, 0.3) is 0 Å². The largest absolute Gasteiger partial charge is 0.497 e. The minimum Gasteiger partial charge on any atom is -0.497 e. The average Bonchev–Trinajstić information content (AvgIpc) is 3.17. The maximum absolute atomic E-state index is 12.9. The highest BCUT2D eigenvalue weighted by Gasteiger charge is 2.33. The molecule has 1 atom stereocenters. The Morgan fingerprint density at radius 2 is 1.90 bits per heavy atom. The van der Waals surface area contributed by atoms with Crippen molar-refractivity contribution < 1.29 is 19.1 Å². The zero-order valence-electron chi connectivity index (χ0n) is 15.9. The van der Waals surface area contributed by atoms with Gasteiger partial charge in [-0.15, -0.1) is 5.10 Å². The number of nitrogens with one attached hydrogen (secondary N) is 2. The second-order valence-corrected chi connectivity index (χ2v) is 6.39. The monoisotopic (exact) mass is 393 g/mol. The lowest BCUT2D eigenvalue weighted by Crippen LogP contribution is -2.36. The number of ether oxygens (including phenoxy) is 2. The minimum absolute atomic E-state index is 0.0423. The van der Waals surface area contributed by atoms with E-state index in [4.69, 9.17) is 9.47 Å². The van der Waals surface area contributed by atoms with Gasteiger partial charge in [0.1, 0.15) is 17.5 Å². The molecule has 1 aromatic heterocycles. The van der Waals surface area contributed by atoms with E-state index in [0.29, 0.717) is 23.0 Å². The average molecular weight is 393 g/mol. The van der Waals surface area contributed by atoms with Gasteiger partial charge < -0.3 is 14.8 Å². The summed E-state index contributed by atoms with van der Waals surface area (Å²) in [7, 11) is 3.11. The first-order chi connectivity index (χ1) is 14.1. The second kappa shape index (κ2) is 7.63. The van der Waals surface area contributed by atoms with Gasteiger partial charge in [0.15, 0.2) is 5.82 Å². The van der Waals surface area contributed by atoms with Crippen LogP contribution in [0.2, 0.25) is 0 Å². The molecule has 0 spiro atoms. The summed E-state index contributed by atoms with van der Waals surface area (Å²) < 4.78 is 11.9. The molecule has 2 aromatic carbocycles. The lowest BCUT2D eigenvalue weighted by molar-refractivity contribution is -0.125. The zero-order chi connectivity index (χ0) is 20.4. The molecule has 2 heterocycles. The van der Waals surface area contributed by atoms with Gasteiger partial charge in [0, 0.05) is 5.56 Å². The molecule has 0 saturated carbocycles. The number of nitrogens with zero attached hydrogens (tertiary/aromatic N) is 3. The van der Waals surface area contributed by atoms with E-state index in [1.54, 1.807) is 43.5 Å². The van der Waals surface area contributed by atoms with E-state index in [1.165, 1.54) is 11.8 Å². The SMILES string of the molecule is COc1ccc(-c2nc3n(n2)[C@H](C(=O)Nc2ccccc2OC)CC(=O)N3)cc1. The van der Waals surface area contributed by atoms with E-state index < -0.39 is 6.04 Å². The number of para-hydroxylation sites is 2. The topological polar surface area (TPSA) is 107 Å². The van der Waals surface area contributed by atoms with E-state index in [1.807, 2.05) is 12.1 Å². The molecule has 0 aliphatic carbocycles. The summed E-state index contributed by atoms with van der Waals surface area (Å²) in [5.41, 5.74) is 1.26. The van der Waals surface area contributed by atoms with Crippen molar-refractivity contribution in [3.05, 3.63) is 48.5 Å². The highest BCUT2D eigenvalue weighted by atomic mass is 16.5. The standard InChI is InChI=1S/C20H19N5O4/c1-28-13-9-7-12(8-10-13)18-23-20-22-17(26)11-15(25(20)24-18)19(27)21-14-5-3-4-6-16(14)29-2/h3-10,15H,11H2,1-2H3,(H,21,27)(H,22,23,24,26)/t15-/m0/s1. The quantitative estimate of drug-likeness (QED) is 0.690. The Balaban J connectivity index is 1.63. The maximum Gasteiger partial charge on any atom is 0.250 e. The number of amides is 2. The molecule has 3 aromatic rings. The Kier molecular flexibility index (Phi) is 4.86. The molecule has 9 nitrogen and oxygen atoms in total. The zero-order valence-corrected chi connectivity index (χ0v) is 15.9. The van der Waals surface area contributed by atoms with Crippen molar-refractivity contribution in [1.82, 2.24) is 14.8 Å². The van der Waals surface area contributed by atoms with Crippen molar-refractivity contribution in [1.29, 1.82) is 0 Å². The van der Waals surface area contributed by atoms with Gasteiger partial charge in [-0.2, -0.15) is 4.98 Å². The molecule has 0 unspecified atom stereocenters. The molecule has 4 rings (SSSR count). The van der Waals surface area contributed by atoms with Crippen LogP contribution < -0.4 is 20.1 Å². The molecular weight excluding hydrogens is 374 g/mol. The van der Waals surface area contributed by atoms with E-state index in [0.717, 1.165) is 5.56 Å². The van der Waals surface area contributed by atoms with Crippen LogP contribution in [0.3, 0.4) is 0 Å². The summed E-state index contributed by atoms with van der Waals surface area (Å²) in [5.74, 6) is 1.19. The summed E-state index contributed by atoms with van der Waals surface area (Å²) in [6.07, 6.45) is -0.0423. The molecule has 2 N–H and O–H groups in total. The van der Waals surface area contributed by atoms with Gasteiger partial charge in [-0.25, -0.2) is 4.68 Å². The van der Waals surface area contributed by atoms with Crippen molar-refractivity contribution >= 4 is 23.5 Å². The van der Waals surface area contributed by atoms with Crippen LogP contribution in [0, 0.1) is 0 Å². The predicted molar refractivity (Wildman–Crippen MR) is 106 cm³/mol. The molecule has 9 heteroatoms. The molecular formula is C20H19N5O4. The number of methoxy groups -OCH3 is 2. The third kappa shape index (κ3) is 3.62. The summed E-state index contributed by atoms with van der Waals surface area (Å²) in [5, 5.41) is 9.93. The van der Waals surface area contributed by atoms with Crippen molar-refractivity contribution in [3.8, 4) is 22.9 Å². The van der Waals surface area contributed by atoms with E-state index in [9.17, 15) is 9.59 Å². The third-order valence-electron chi connectivity index (χ3n) is 4.57. The van der Waals surface area contributed by atoms with Gasteiger partial charge in [-0.1, -0.05) is 12.1 Å². The third-order valence-corrected chi connectivity index (χ3v) is 4.57. The first-order valence-corrected chi connectivity index (χ1v) is 8.93. The van der Waals surface area contributed by atoms with Crippen LogP contribution in [0.1, 0.15) is 12.5 Å². The number of rotatable bonds is 5. The smallest absolute Gasteiger partial charge is 0.250 e. The van der Waals surface area contributed by atoms with Crippen LogP contribution in [-0.2, 0) is 9.59 Å². The number of carbonyl (C=O) groups excluding carboxylic acids is 2. The van der Waals surface area contributed by atoms with E-state index >= 15 is 0 Å². The van der Waals surface area contributed by atoms with Gasteiger partial charge >= 0.3 is 0 Å². The van der Waals surface area contributed by atoms with Crippen molar-refractivity contribution in [2.45, 2.75) is 12.5 Å². The van der Waals surface area contributed by atoms with Crippen molar-refractivity contribution in [3.63, 3.8) is 0 Å². The number of hydrogen-bond acceptors (Lipinski definition) is 6.